The van der Waals surface area contributed by atoms with E-state index in [2.05, 4.69) is 187 Å². The molecule has 8 aromatic rings. The van der Waals surface area contributed by atoms with E-state index in [9.17, 15) is 0 Å². The molecule has 266 valence electrons. The van der Waals surface area contributed by atoms with E-state index in [1.165, 1.54) is 38.4 Å². The van der Waals surface area contributed by atoms with Crippen LogP contribution in [-0.4, -0.2) is 34.9 Å². The predicted octanol–water partition coefficient (Wildman–Crippen LogP) is 9.38. The number of rotatable bonds is 6. The Balaban J connectivity index is 1.23. The molecule has 0 saturated heterocycles. The molecule has 0 bridgehead atoms. The van der Waals surface area contributed by atoms with Crippen LogP contribution in [0.4, 0.5) is 22.7 Å². The molecule has 0 aliphatic carbocycles. The van der Waals surface area contributed by atoms with E-state index < -0.39 is 0 Å². The summed E-state index contributed by atoms with van der Waals surface area (Å²) in [5, 5.41) is 2.37. The lowest BCUT2D eigenvalue weighted by Crippen LogP contribution is -2.56. The average Bonchev–Trinajstić information content (AvgIpc) is 3.79. The Hall–Kier alpha value is -6.73. The van der Waals surface area contributed by atoms with E-state index in [0.29, 0.717) is 0 Å². The van der Waals surface area contributed by atoms with E-state index in [1.54, 1.807) is 0 Å². The van der Waals surface area contributed by atoms with Gasteiger partial charge in [-0.05, 0) is 92.4 Å². The topological polar surface area (TPSA) is 36.8 Å². The molecule has 0 unspecified atom stereocenters. The van der Waals surface area contributed by atoms with Crippen LogP contribution in [0.25, 0.3) is 27.6 Å². The lowest BCUT2D eigenvalue weighted by molar-refractivity contribution is 0.488. The van der Waals surface area contributed by atoms with Gasteiger partial charge in [0.25, 0.3) is 6.71 Å². The van der Waals surface area contributed by atoms with Gasteiger partial charge in [-0.1, -0.05) is 101 Å². The molecule has 2 aromatic heterocycles. The average molecular weight is 714 g/mol. The molecule has 7 heteroatoms. The van der Waals surface area contributed by atoms with Crippen LogP contribution in [-0.2, 0) is 0 Å². The summed E-state index contributed by atoms with van der Waals surface area (Å²) in [5.41, 5.74) is 13.9. The van der Waals surface area contributed by atoms with E-state index >= 15 is 0 Å². The van der Waals surface area contributed by atoms with E-state index in [4.69, 9.17) is 9.72 Å². The highest BCUT2D eigenvalue weighted by Gasteiger charge is 2.36. The van der Waals surface area contributed by atoms with Crippen molar-refractivity contribution in [1.82, 2.24) is 14.5 Å². The Kier molecular flexibility index (Phi) is 7.77. The van der Waals surface area contributed by atoms with Crippen LogP contribution < -0.4 is 30.9 Å². The Morgan fingerprint density at radius 3 is 2.22 bits per heavy atom. The summed E-state index contributed by atoms with van der Waals surface area (Å²) >= 11 is 0. The molecule has 0 saturated carbocycles. The number of aromatic nitrogens is 2. The van der Waals surface area contributed by atoms with Crippen molar-refractivity contribution in [3.63, 3.8) is 0 Å². The number of nitrogens with zero attached hydrogens (tertiary/aromatic N) is 5. The number of aryl methyl sites for hydroxylation is 3. The third kappa shape index (κ3) is 5.46. The van der Waals surface area contributed by atoms with Gasteiger partial charge in [-0.3, -0.25) is 4.57 Å². The minimum Gasteiger partial charge on any atom is -0.456 e. The van der Waals surface area contributed by atoms with Gasteiger partial charge in [0.15, 0.2) is 0 Å². The Morgan fingerprint density at radius 2 is 1.40 bits per heavy atom. The van der Waals surface area contributed by atoms with Crippen molar-refractivity contribution in [3.05, 3.63) is 175 Å². The van der Waals surface area contributed by atoms with Gasteiger partial charge in [0.2, 0.25) is 0 Å². The van der Waals surface area contributed by atoms with E-state index in [1.807, 2.05) is 18.3 Å². The molecule has 2 aliphatic rings. The zero-order valence-electron chi connectivity index (χ0n) is 31.4. The fraction of sp³-hybridized carbons (Fsp3) is 0.104. The molecule has 10 rings (SSSR count). The van der Waals surface area contributed by atoms with Crippen molar-refractivity contribution < 1.29 is 4.74 Å². The molecule has 0 atom stereocenters. The van der Waals surface area contributed by atoms with Crippen LogP contribution in [0, 0.1) is 20.8 Å². The highest BCUT2D eigenvalue weighted by molar-refractivity contribution is 6.97. The summed E-state index contributed by atoms with van der Waals surface area (Å²) in [7, 11) is 2.10. The summed E-state index contributed by atoms with van der Waals surface area (Å²) in [6.45, 7) is 7.47. The number of benzene rings is 6. The third-order valence-electron chi connectivity index (χ3n) is 11.1. The third-order valence-corrected chi connectivity index (χ3v) is 11.1. The van der Waals surface area contributed by atoms with Crippen molar-refractivity contribution in [2.45, 2.75) is 20.8 Å². The fourth-order valence-corrected chi connectivity index (χ4v) is 8.87. The summed E-state index contributed by atoms with van der Waals surface area (Å²) in [4.78, 5) is 11.6. The molecule has 0 N–H and O–H groups in total. The largest absolute Gasteiger partial charge is 0.456 e. The van der Waals surface area contributed by atoms with E-state index in [-0.39, 0.29) is 6.71 Å². The Morgan fingerprint density at radius 1 is 0.655 bits per heavy atom. The quantitative estimate of drug-likeness (QED) is 0.161. The predicted molar refractivity (Wildman–Crippen MR) is 229 cm³/mol. The van der Waals surface area contributed by atoms with E-state index in [0.717, 1.165) is 63.2 Å². The van der Waals surface area contributed by atoms with Crippen molar-refractivity contribution in [2.24, 2.45) is 0 Å². The zero-order chi connectivity index (χ0) is 37.2. The van der Waals surface area contributed by atoms with Crippen LogP contribution >= 0.6 is 0 Å². The molecule has 0 amide bonds. The molecular weight excluding hydrogens is 673 g/mol. The molecule has 55 heavy (non-hydrogen) atoms. The first-order valence-corrected chi connectivity index (χ1v) is 18.9. The number of pyridine rings is 1. The lowest BCUT2D eigenvalue weighted by Gasteiger charge is -2.34. The number of hydrogen-bond donors (Lipinski definition) is 0. The van der Waals surface area contributed by atoms with Crippen LogP contribution in [0.2, 0.25) is 0 Å². The van der Waals surface area contributed by atoms with Crippen molar-refractivity contribution >= 4 is 67.7 Å². The lowest BCUT2D eigenvalue weighted by atomic mass is 9.34. The first-order valence-electron chi connectivity index (χ1n) is 18.9. The number of ether oxygens (including phenoxy) is 1. The monoisotopic (exact) mass is 713 g/mol. The maximum Gasteiger partial charge on any atom is 0.251 e. The first kappa shape index (κ1) is 32.9. The molecule has 6 nitrogen and oxygen atoms in total. The van der Waals surface area contributed by atoms with Gasteiger partial charge in [-0.15, -0.1) is 0 Å². The summed E-state index contributed by atoms with van der Waals surface area (Å²) in [5.74, 6) is 2.63. The maximum atomic E-state index is 7.08. The molecular formula is C48H40BN5O. The van der Waals surface area contributed by atoms with Crippen molar-refractivity contribution in [2.75, 3.05) is 23.5 Å². The van der Waals surface area contributed by atoms with Gasteiger partial charge < -0.3 is 19.4 Å². The summed E-state index contributed by atoms with van der Waals surface area (Å²) < 4.78 is 9.35. The Bertz CT molecular complexity index is 2790. The summed E-state index contributed by atoms with van der Waals surface area (Å²) in [6, 6.07) is 50.1. The molecule has 0 radical (unpaired) electrons. The van der Waals surface area contributed by atoms with Gasteiger partial charge in [0, 0.05) is 53.5 Å². The van der Waals surface area contributed by atoms with Crippen LogP contribution in [0.3, 0.4) is 0 Å². The maximum absolute atomic E-state index is 7.08. The number of para-hydroxylation sites is 3. The van der Waals surface area contributed by atoms with Gasteiger partial charge >= 0.3 is 0 Å². The second-order valence-electron chi connectivity index (χ2n) is 14.8. The minimum atomic E-state index is 0.00752. The molecule has 4 heterocycles. The fourth-order valence-electron chi connectivity index (χ4n) is 8.87. The van der Waals surface area contributed by atoms with Crippen LogP contribution in [0.15, 0.2) is 158 Å². The number of anilines is 4. The molecule has 2 aliphatic heterocycles. The smallest absolute Gasteiger partial charge is 0.251 e. The molecule has 6 aromatic carbocycles. The number of fused-ring (bicyclic) bond motifs is 5. The number of hydrogen-bond acceptors (Lipinski definition) is 5. The van der Waals surface area contributed by atoms with Crippen molar-refractivity contribution in [3.8, 4) is 17.3 Å². The SMILES string of the molecule is Cc1cc(C)c(B2c3ccccc3Oc3c2cccc3N(c2cccc(N3C=CN(C)C3)c2)c2ccc3c4ccccc4n(-c4ccccn4)c3c2)c(C)c1. The van der Waals surface area contributed by atoms with Crippen LogP contribution in [0.5, 0.6) is 11.5 Å². The highest BCUT2D eigenvalue weighted by atomic mass is 16.5. The van der Waals surface area contributed by atoms with Crippen molar-refractivity contribution in [1.29, 1.82) is 0 Å². The van der Waals surface area contributed by atoms with Crippen LogP contribution in [0.1, 0.15) is 16.7 Å². The van der Waals surface area contributed by atoms with Gasteiger partial charge in [-0.25, -0.2) is 4.98 Å². The molecule has 0 fully saturated rings. The zero-order valence-corrected chi connectivity index (χ0v) is 31.4. The molecule has 0 spiro atoms. The normalized spacial score (nSPS) is 13.3. The van der Waals surface area contributed by atoms with Gasteiger partial charge in [-0.2, -0.15) is 0 Å². The summed E-state index contributed by atoms with van der Waals surface area (Å²) in [6.07, 6.45) is 6.12. The first-order chi connectivity index (χ1) is 26.9. The Labute approximate surface area is 322 Å². The second-order valence-corrected chi connectivity index (χ2v) is 14.8. The van der Waals surface area contributed by atoms with Gasteiger partial charge in [0.1, 0.15) is 17.3 Å². The highest BCUT2D eigenvalue weighted by Crippen LogP contribution is 2.45. The van der Waals surface area contributed by atoms with Gasteiger partial charge in [0.05, 0.1) is 23.4 Å². The minimum absolute atomic E-state index is 0.00752. The standard InChI is InChI=1S/C48H40BN5O/c1-32-27-33(2)47(34(3)28-32)49-40-16-6-8-20-45(40)55-48-41(49)17-12-19-43(48)53(36-14-11-13-35(29-36)52-26-25-51(4)31-52)37-22-23-39-38-15-5-7-18-42(38)54(44(39)30-37)46-21-9-10-24-50-46/h5-30H,31H2,1-4H3. The second kappa shape index (κ2) is 13.0.